The van der Waals surface area contributed by atoms with E-state index in [1.807, 2.05) is 51.1 Å². The maximum Gasteiger partial charge on any atom is 0.261 e. The summed E-state index contributed by atoms with van der Waals surface area (Å²) in [4.78, 5) is 15.0. The number of nitrogens with zero attached hydrogens (tertiary/aromatic N) is 1. The molecule has 1 heterocycles. The average molecular weight is 355 g/mol. The van der Waals surface area contributed by atoms with E-state index in [9.17, 15) is 9.90 Å². The summed E-state index contributed by atoms with van der Waals surface area (Å²) < 4.78 is 5.83. The normalized spacial score (nSPS) is 25.5. The Bertz CT molecular complexity index is 735. The Morgan fingerprint density at radius 3 is 2.54 bits per heavy atom. The summed E-state index contributed by atoms with van der Waals surface area (Å²) >= 11 is 0. The van der Waals surface area contributed by atoms with Gasteiger partial charge in [0, 0.05) is 5.92 Å². The second-order valence-corrected chi connectivity index (χ2v) is 8.10. The van der Waals surface area contributed by atoms with E-state index < -0.39 is 11.6 Å². The maximum atomic E-state index is 13.3. The molecule has 0 spiro atoms. The smallest absolute Gasteiger partial charge is 0.261 e. The van der Waals surface area contributed by atoms with Gasteiger partial charge in [-0.25, -0.2) is 0 Å². The number of rotatable bonds is 4. The second kappa shape index (κ2) is 6.92. The van der Waals surface area contributed by atoms with Crippen molar-refractivity contribution in [2.75, 3.05) is 6.73 Å². The van der Waals surface area contributed by atoms with Gasteiger partial charge in [-0.05, 0) is 45.1 Å². The molecule has 1 aliphatic heterocycles. The molecule has 1 saturated carbocycles. The monoisotopic (exact) mass is 355 g/mol. The van der Waals surface area contributed by atoms with Crippen LogP contribution in [0.15, 0.2) is 48.2 Å². The van der Waals surface area contributed by atoms with E-state index >= 15 is 0 Å². The molecule has 3 rings (SSSR count). The third-order valence-corrected chi connectivity index (χ3v) is 6.05. The first-order valence-corrected chi connectivity index (χ1v) is 9.32. The largest absolute Gasteiger partial charge is 0.477 e. The molecular formula is C22H29NO3. The maximum absolute atomic E-state index is 13.3. The van der Waals surface area contributed by atoms with Crippen LogP contribution in [0.1, 0.15) is 46.1 Å². The van der Waals surface area contributed by atoms with Gasteiger partial charge in [-0.1, -0.05) is 49.4 Å². The molecule has 26 heavy (non-hydrogen) atoms. The van der Waals surface area contributed by atoms with Crippen LogP contribution in [0, 0.1) is 11.8 Å². The molecular weight excluding hydrogens is 326 g/mol. The zero-order chi connectivity index (χ0) is 19.1. The van der Waals surface area contributed by atoms with Crippen LogP contribution in [0.2, 0.25) is 0 Å². The minimum atomic E-state index is -0.760. The molecule has 0 bridgehead atoms. The van der Waals surface area contributed by atoms with E-state index in [2.05, 4.69) is 13.5 Å². The number of hydrogen-bond acceptors (Lipinski definition) is 3. The van der Waals surface area contributed by atoms with Crippen LogP contribution in [0.5, 0.6) is 0 Å². The molecule has 2 aliphatic rings. The fraction of sp³-hybridized carbons (Fsp3) is 0.500. The summed E-state index contributed by atoms with van der Waals surface area (Å²) in [7, 11) is 0. The highest BCUT2D eigenvalue weighted by molar-refractivity contribution is 6.20. The zero-order valence-corrected chi connectivity index (χ0v) is 16.2. The van der Waals surface area contributed by atoms with Crippen molar-refractivity contribution in [1.82, 2.24) is 4.90 Å². The van der Waals surface area contributed by atoms with Crippen molar-refractivity contribution < 1.29 is 14.6 Å². The Morgan fingerprint density at radius 1 is 1.31 bits per heavy atom. The lowest BCUT2D eigenvalue weighted by atomic mass is 9.79. The Hall–Kier alpha value is -2.07. The van der Waals surface area contributed by atoms with Gasteiger partial charge in [-0.15, -0.1) is 0 Å². The minimum Gasteiger partial charge on any atom is -0.477 e. The molecule has 140 valence electrons. The van der Waals surface area contributed by atoms with Crippen molar-refractivity contribution in [2.24, 2.45) is 11.8 Å². The molecule has 0 radical (unpaired) electrons. The van der Waals surface area contributed by atoms with Gasteiger partial charge in [-0.3, -0.25) is 9.69 Å². The van der Waals surface area contributed by atoms with E-state index in [-0.39, 0.29) is 18.6 Å². The number of allylic oxidation sites excluding steroid dienone is 1. The molecule has 1 aliphatic carbocycles. The van der Waals surface area contributed by atoms with Crippen LogP contribution in [0.4, 0.5) is 0 Å². The molecule has 0 saturated heterocycles. The summed E-state index contributed by atoms with van der Waals surface area (Å²) in [5, 5.41) is 11.2. The lowest BCUT2D eigenvalue weighted by Gasteiger charge is -2.46. The molecule has 0 aromatic heterocycles. The van der Waals surface area contributed by atoms with Crippen molar-refractivity contribution >= 4 is 11.5 Å². The standard InChI is InChI=1S/C22H29NO3/c1-14-11-12-15(2)18(14)20(24)22(4,5)23-13-26-16(3)19(21(23)25)17-9-7-6-8-10-17/h6-10,15,18,20,24H,1,11-13H2,2-5H3. The molecule has 1 amide bonds. The number of ether oxygens (including phenoxy) is 1. The predicted molar refractivity (Wildman–Crippen MR) is 103 cm³/mol. The lowest BCUT2D eigenvalue weighted by molar-refractivity contribution is -0.148. The van der Waals surface area contributed by atoms with Gasteiger partial charge in [-0.2, -0.15) is 0 Å². The van der Waals surface area contributed by atoms with E-state index in [0.717, 1.165) is 24.0 Å². The number of amides is 1. The van der Waals surface area contributed by atoms with Gasteiger partial charge in [0.25, 0.3) is 5.91 Å². The highest BCUT2D eigenvalue weighted by Crippen LogP contribution is 2.42. The van der Waals surface area contributed by atoms with Crippen molar-refractivity contribution in [2.45, 2.75) is 52.2 Å². The first kappa shape index (κ1) is 18.7. The molecule has 4 nitrogen and oxygen atoms in total. The Kier molecular flexibility index (Phi) is 4.98. The summed E-state index contributed by atoms with van der Waals surface area (Å²) in [6, 6.07) is 9.56. The van der Waals surface area contributed by atoms with Crippen LogP contribution in [-0.4, -0.2) is 34.3 Å². The highest BCUT2D eigenvalue weighted by Gasteiger charge is 2.47. The first-order chi connectivity index (χ1) is 12.2. The van der Waals surface area contributed by atoms with Crippen molar-refractivity contribution in [3.63, 3.8) is 0 Å². The second-order valence-electron chi connectivity index (χ2n) is 8.10. The first-order valence-electron chi connectivity index (χ1n) is 9.32. The Morgan fingerprint density at radius 2 is 1.96 bits per heavy atom. The van der Waals surface area contributed by atoms with Crippen molar-refractivity contribution in [1.29, 1.82) is 0 Å². The van der Waals surface area contributed by atoms with Gasteiger partial charge in [0.2, 0.25) is 0 Å². The highest BCUT2D eigenvalue weighted by atomic mass is 16.5. The molecule has 3 unspecified atom stereocenters. The number of aliphatic hydroxyl groups is 1. The van der Waals surface area contributed by atoms with E-state index in [1.54, 1.807) is 4.90 Å². The molecule has 1 aromatic carbocycles. The third-order valence-electron chi connectivity index (χ3n) is 6.05. The molecule has 4 heteroatoms. The van der Waals surface area contributed by atoms with Gasteiger partial charge in [0.05, 0.1) is 17.2 Å². The topological polar surface area (TPSA) is 49.8 Å². The van der Waals surface area contributed by atoms with Crippen LogP contribution in [0.3, 0.4) is 0 Å². The quantitative estimate of drug-likeness (QED) is 0.831. The SMILES string of the molecule is C=C1CCC(C)C1C(O)C(C)(C)N1COC(C)=C(c2ccccc2)C1=O. The summed E-state index contributed by atoms with van der Waals surface area (Å²) in [6.45, 7) is 12.1. The number of hydrogen-bond donors (Lipinski definition) is 1. The third kappa shape index (κ3) is 3.07. The fourth-order valence-electron chi connectivity index (χ4n) is 4.23. The number of carbonyl (C=O) groups excluding carboxylic acids is 1. The fourth-order valence-corrected chi connectivity index (χ4v) is 4.23. The summed E-state index contributed by atoms with van der Waals surface area (Å²) in [5.41, 5.74) is 1.72. The van der Waals surface area contributed by atoms with Gasteiger partial charge in [0.15, 0.2) is 6.73 Å². The van der Waals surface area contributed by atoms with Gasteiger partial charge in [0.1, 0.15) is 5.76 Å². The van der Waals surface area contributed by atoms with Crippen LogP contribution >= 0.6 is 0 Å². The van der Waals surface area contributed by atoms with Crippen LogP contribution in [-0.2, 0) is 9.53 Å². The lowest BCUT2D eigenvalue weighted by Crippen LogP contribution is -2.59. The van der Waals surface area contributed by atoms with Crippen LogP contribution < -0.4 is 0 Å². The molecule has 1 fully saturated rings. The number of aliphatic hydroxyl groups excluding tert-OH is 1. The zero-order valence-electron chi connectivity index (χ0n) is 16.2. The molecule has 1 N–H and O–H groups in total. The van der Waals surface area contributed by atoms with E-state index in [0.29, 0.717) is 17.3 Å². The number of benzene rings is 1. The molecule has 1 aromatic rings. The summed E-state index contributed by atoms with van der Waals surface area (Å²) in [6.07, 6.45) is 1.29. The minimum absolute atomic E-state index is 0.00461. The average Bonchev–Trinajstić information content (AvgIpc) is 2.93. The van der Waals surface area contributed by atoms with Gasteiger partial charge < -0.3 is 9.84 Å². The van der Waals surface area contributed by atoms with Crippen molar-refractivity contribution in [3.05, 3.63) is 53.8 Å². The van der Waals surface area contributed by atoms with Crippen LogP contribution in [0.25, 0.3) is 5.57 Å². The van der Waals surface area contributed by atoms with Gasteiger partial charge >= 0.3 is 0 Å². The predicted octanol–water partition coefficient (Wildman–Crippen LogP) is 3.98. The van der Waals surface area contributed by atoms with Crippen molar-refractivity contribution in [3.8, 4) is 0 Å². The van der Waals surface area contributed by atoms with E-state index in [1.165, 1.54) is 0 Å². The molecule has 3 atom stereocenters. The van der Waals surface area contributed by atoms with E-state index in [4.69, 9.17) is 4.74 Å². The Balaban J connectivity index is 1.91. The number of carbonyl (C=O) groups is 1. The Labute approximate surface area is 156 Å². The summed E-state index contributed by atoms with van der Waals surface area (Å²) in [5.74, 6) is 0.898.